The minimum atomic E-state index is -0.500. The summed E-state index contributed by atoms with van der Waals surface area (Å²) in [5.41, 5.74) is 3.61. The van der Waals surface area contributed by atoms with Crippen molar-refractivity contribution in [1.29, 1.82) is 0 Å². The molecular weight excluding hydrogens is 450 g/mol. The third kappa shape index (κ3) is 4.42. The number of carbonyl (C=O) groups excluding carboxylic acids is 2. The highest BCUT2D eigenvalue weighted by Gasteiger charge is 2.41. The van der Waals surface area contributed by atoms with Crippen molar-refractivity contribution < 1.29 is 23.8 Å². The Kier molecular flexibility index (Phi) is 6.57. The zero-order chi connectivity index (χ0) is 23.7. The van der Waals surface area contributed by atoms with E-state index in [1.165, 1.54) is 4.88 Å². The van der Waals surface area contributed by atoms with E-state index in [9.17, 15) is 9.59 Å². The largest absolute Gasteiger partial charge is 0.497 e. The lowest BCUT2D eigenvalue weighted by Crippen LogP contribution is -2.36. The molecule has 0 spiro atoms. The van der Waals surface area contributed by atoms with Crippen LogP contribution in [0.4, 0.5) is 0 Å². The molecule has 3 heterocycles. The van der Waals surface area contributed by atoms with Crippen LogP contribution < -0.4 is 10.1 Å². The van der Waals surface area contributed by atoms with Crippen molar-refractivity contribution >= 4 is 23.1 Å². The summed E-state index contributed by atoms with van der Waals surface area (Å²) in [6.45, 7) is 2.81. The van der Waals surface area contributed by atoms with Crippen LogP contribution in [0.15, 0.2) is 64.3 Å². The molecule has 1 aromatic carbocycles. The summed E-state index contributed by atoms with van der Waals surface area (Å²) in [5, 5.41) is 5.45. The summed E-state index contributed by atoms with van der Waals surface area (Å²) in [6.07, 6.45) is 2.97. The molecule has 2 aliphatic heterocycles. The van der Waals surface area contributed by atoms with Gasteiger partial charge in [0.05, 0.1) is 18.8 Å². The summed E-state index contributed by atoms with van der Waals surface area (Å²) in [7, 11) is 1.61. The molecule has 1 fully saturated rings. The minimum absolute atomic E-state index is 0.0608. The molecule has 0 unspecified atom stereocenters. The number of nitrogens with one attached hydrogen (secondary N) is 1. The molecule has 3 aliphatic rings. The number of hydrogen-bond acceptors (Lipinski definition) is 7. The maximum atomic E-state index is 13.6. The van der Waals surface area contributed by atoms with E-state index in [2.05, 4.69) is 11.4 Å². The molecule has 1 N–H and O–H groups in total. The van der Waals surface area contributed by atoms with Crippen LogP contribution in [-0.2, 0) is 19.1 Å². The van der Waals surface area contributed by atoms with E-state index >= 15 is 0 Å². The summed E-state index contributed by atoms with van der Waals surface area (Å²) in [4.78, 5) is 28.2. The predicted octanol–water partition coefficient (Wildman–Crippen LogP) is 4.84. The smallest absolute Gasteiger partial charge is 0.336 e. The zero-order valence-corrected chi connectivity index (χ0v) is 20.3. The highest BCUT2D eigenvalue weighted by atomic mass is 32.1. The molecule has 2 aromatic rings. The van der Waals surface area contributed by atoms with Gasteiger partial charge in [-0.3, -0.25) is 4.79 Å². The fraction of sp³-hybridized carbons (Fsp3) is 0.407. The van der Waals surface area contributed by atoms with Gasteiger partial charge in [-0.25, -0.2) is 4.79 Å². The number of esters is 1. The second-order valence-corrected chi connectivity index (χ2v) is 10.0. The highest BCUT2D eigenvalue weighted by Crippen LogP contribution is 2.46. The summed E-state index contributed by atoms with van der Waals surface area (Å²) < 4.78 is 16.8. The van der Waals surface area contributed by atoms with E-state index in [4.69, 9.17) is 14.2 Å². The van der Waals surface area contributed by atoms with E-state index in [0.29, 0.717) is 29.9 Å². The lowest BCUT2D eigenvalue weighted by atomic mass is 9.72. The van der Waals surface area contributed by atoms with Gasteiger partial charge in [0, 0.05) is 46.7 Å². The fourth-order valence-electron chi connectivity index (χ4n) is 5.21. The lowest BCUT2D eigenvalue weighted by molar-refractivity contribution is -0.142. The Morgan fingerprint density at radius 1 is 1.24 bits per heavy atom. The summed E-state index contributed by atoms with van der Waals surface area (Å²) in [6, 6.07) is 11.7. The molecule has 1 aromatic heterocycles. The normalized spacial score (nSPS) is 24.6. The van der Waals surface area contributed by atoms with Crippen molar-refractivity contribution in [3.63, 3.8) is 0 Å². The first-order valence-electron chi connectivity index (χ1n) is 11.7. The number of benzene rings is 1. The Bertz CT molecular complexity index is 1140. The second-order valence-electron chi connectivity index (χ2n) is 9.04. The van der Waals surface area contributed by atoms with Crippen LogP contribution >= 0.6 is 11.3 Å². The van der Waals surface area contributed by atoms with E-state index < -0.39 is 11.9 Å². The minimum Gasteiger partial charge on any atom is -0.497 e. The van der Waals surface area contributed by atoms with Crippen molar-refractivity contribution in [2.45, 2.75) is 50.5 Å². The molecule has 0 amide bonds. The zero-order valence-electron chi connectivity index (χ0n) is 19.5. The predicted molar refractivity (Wildman–Crippen MR) is 130 cm³/mol. The van der Waals surface area contributed by atoms with Crippen LogP contribution in [-0.4, -0.2) is 38.2 Å². The van der Waals surface area contributed by atoms with Crippen LogP contribution in [0, 0.1) is 0 Å². The average molecular weight is 480 g/mol. The lowest BCUT2D eigenvalue weighted by Gasteiger charge is -2.36. The fourth-order valence-corrected chi connectivity index (χ4v) is 6.04. The van der Waals surface area contributed by atoms with E-state index in [1.54, 1.807) is 18.4 Å². The van der Waals surface area contributed by atoms with Crippen molar-refractivity contribution in [2.24, 2.45) is 0 Å². The van der Waals surface area contributed by atoms with Gasteiger partial charge >= 0.3 is 5.97 Å². The van der Waals surface area contributed by atoms with Gasteiger partial charge in [-0.05, 0) is 55.3 Å². The maximum Gasteiger partial charge on any atom is 0.336 e. The number of methoxy groups -OCH3 is 1. The van der Waals surface area contributed by atoms with Crippen molar-refractivity contribution in [1.82, 2.24) is 5.32 Å². The third-order valence-corrected chi connectivity index (χ3v) is 7.88. The van der Waals surface area contributed by atoms with Crippen LogP contribution in [0.2, 0.25) is 0 Å². The first kappa shape index (κ1) is 22.9. The molecule has 1 saturated heterocycles. The summed E-state index contributed by atoms with van der Waals surface area (Å²) >= 11 is 1.68. The number of ether oxygens (including phenoxy) is 3. The first-order chi connectivity index (χ1) is 16.5. The van der Waals surface area contributed by atoms with Gasteiger partial charge in [0.15, 0.2) is 5.78 Å². The van der Waals surface area contributed by atoms with Gasteiger partial charge in [0.2, 0.25) is 0 Å². The van der Waals surface area contributed by atoms with Crippen molar-refractivity contribution in [3.8, 4) is 5.75 Å². The van der Waals surface area contributed by atoms with Crippen LogP contribution in [0.25, 0.3) is 0 Å². The molecule has 7 heteroatoms. The maximum absolute atomic E-state index is 13.6. The number of allylic oxidation sites excluding steroid dienone is 3. The molecular formula is C27H29NO5S. The number of carbonyl (C=O) groups is 2. The molecule has 5 rings (SSSR count). The van der Waals surface area contributed by atoms with Gasteiger partial charge in [-0.1, -0.05) is 18.2 Å². The topological polar surface area (TPSA) is 73.9 Å². The molecule has 34 heavy (non-hydrogen) atoms. The third-order valence-electron chi connectivity index (χ3n) is 6.84. The van der Waals surface area contributed by atoms with E-state index in [1.807, 2.05) is 42.6 Å². The molecule has 0 radical (unpaired) electrons. The molecule has 1 aliphatic carbocycles. The number of rotatable bonds is 6. The van der Waals surface area contributed by atoms with Gasteiger partial charge < -0.3 is 19.5 Å². The van der Waals surface area contributed by atoms with Crippen molar-refractivity contribution in [2.75, 3.05) is 20.3 Å². The monoisotopic (exact) mass is 479 g/mol. The number of thiophene rings is 1. The Balaban J connectivity index is 1.51. The van der Waals surface area contributed by atoms with Gasteiger partial charge in [0.25, 0.3) is 0 Å². The van der Waals surface area contributed by atoms with Gasteiger partial charge in [0.1, 0.15) is 12.4 Å². The molecule has 3 atom stereocenters. The Morgan fingerprint density at radius 2 is 2.12 bits per heavy atom. The van der Waals surface area contributed by atoms with Crippen LogP contribution in [0.5, 0.6) is 5.75 Å². The van der Waals surface area contributed by atoms with E-state index in [-0.39, 0.29) is 24.4 Å². The van der Waals surface area contributed by atoms with E-state index in [0.717, 1.165) is 36.2 Å². The van der Waals surface area contributed by atoms with Crippen LogP contribution in [0.1, 0.15) is 54.9 Å². The molecule has 6 nitrogen and oxygen atoms in total. The quantitative estimate of drug-likeness (QED) is 0.598. The summed E-state index contributed by atoms with van der Waals surface area (Å²) in [5.74, 6) is -0.0155. The standard InChI is InChI=1S/C27H29NO5S/c1-16-24(27(30)33-15-20-8-4-10-32-20)25(17-6-3-7-19(12-17)31-2)26-21(28-16)13-18(14-22(26)29)23-9-5-11-34-23/h3,5-7,9,11-12,18,20,25,28H,4,8,10,13-15H2,1-2H3/t18-,20+,25+/m1/s1. The van der Waals surface area contributed by atoms with Crippen LogP contribution in [0.3, 0.4) is 0 Å². The number of dihydropyridines is 1. The second kappa shape index (κ2) is 9.76. The number of ketones is 1. The number of hydrogen-bond donors (Lipinski definition) is 1. The van der Waals surface area contributed by atoms with Gasteiger partial charge in [-0.2, -0.15) is 0 Å². The van der Waals surface area contributed by atoms with Gasteiger partial charge in [-0.15, -0.1) is 11.3 Å². The molecule has 0 bridgehead atoms. The Morgan fingerprint density at radius 3 is 2.85 bits per heavy atom. The number of Topliss-reactive ketones (excluding diaryl/α,β-unsaturated/α-hetero) is 1. The Labute approximate surface area is 203 Å². The molecule has 0 saturated carbocycles. The molecule has 178 valence electrons. The highest BCUT2D eigenvalue weighted by molar-refractivity contribution is 7.10. The Hall–Kier alpha value is -2.90. The first-order valence-corrected chi connectivity index (χ1v) is 12.6. The average Bonchev–Trinajstić information content (AvgIpc) is 3.56. The van der Waals surface area contributed by atoms with Crippen molar-refractivity contribution in [3.05, 3.63) is 74.8 Å². The SMILES string of the molecule is COc1cccc([C@H]2C(C(=O)OC[C@@H]3CCCO3)=C(C)NC3=C2C(=O)C[C@H](c2cccs2)C3)c1.